The smallest absolute Gasteiger partial charge is 0.195 e. The van der Waals surface area contributed by atoms with Crippen LogP contribution in [0.3, 0.4) is 0 Å². The first-order valence-electron chi connectivity index (χ1n) is 7.32. The third-order valence-corrected chi connectivity index (χ3v) is 4.80. The number of hydrogen-bond acceptors (Lipinski definition) is 5. The van der Waals surface area contributed by atoms with Crippen molar-refractivity contribution >= 4 is 5.78 Å². The first kappa shape index (κ1) is 14.2. The van der Waals surface area contributed by atoms with Gasteiger partial charge in [-0.25, -0.2) is 0 Å². The van der Waals surface area contributed by atoms with Crippen molar-refractivity contribution in [3.63, 3.8) is 0 Å². The molecule has 5 heteroatoms. The number of hydrogen-bond donors (Lipinski definition) is 2. The highest BCUT2D eigenvalue weighted by molar-refractivity contribution is 6.04. The van der Waals surface area contributed by atoms with E-state index in [0.717, 1.165) is 24.8 Å². The second-order valence-corrected chi connectivity index (χ2v) is 6.48. The van der Waals surface area contributed by atoms with Gasteiger partial charge in [0.2, 0.25) is 0 Å². The average Bonchev–Trinajstić information content (AvgIpc) is 2.36. The highest BCUT2D eigenvalue weighted by Crippen LogP contribution is 2.43. The molecule has 112 valence electrons. The van der Waals surface area contributed by atoms with Gasteiger partial charge in [0.05, 0.1) is 18.8 Å². The molecule has 0 aromatic rings. The Morgan fingerprint density at radius 1 is 1.40 bits per heavy atom. The molecular weight excluding hydrogens is 260 g/mol. The van der Waals surface area contributed by atoms with Gasteiger partial charge in [-0.3, -0.25) is 4.79 Å². The van der Waals surface area contributed by atoms with Crippen LogP contribution in [0.1, 0.15) is 46.0 Å². The van der Waals surface area contributed by atoms with E-state index >= 15 is 0 Å². The Labute approximate surface area is 118 Å². The molecule has 2 heterocycles. The summed E-state index contributed by atoms with van der Waals surface area (Å²) in [5.41, 5.74) is -0.296. The van der Waals surface area contributed by atoms with Gasteiger partial charge in [0, 0.05) is 18.4 Å². The number of aliphatic hydroxyl groups excluding tert-OH is 1. The zero-order valence-corrected chi connectivity index (χ0v) is 12.0. The predicted octanol–water partition coefficient (Wildman–Crippen LogP) is 1.07. The quantitative estimate of drug-likeness (QED) is 0.695. The van der Waals surface area contributed by atoms with E-state index in [0.29, 0.717) is 18.4 Å². The summed E-state index contributed by atoms with van der Waals surface area (Å²) in [7, 11) is 0. The van der Waals surface area contributed by atoms with Gasteiger partial charge in [-0.05, 0) is 33.1 Å². The SMILES string of the molecule is C[C@H]1CCC[C@@]2(CC3=C(CO2)C(=O)[C@](C)(O)[C@@H](O)C3)O1. The molecule has 0 bridgehead atoms. The van der Waals surface area contributed by atoms with Gasteiger partial charge < -0.3 is 19.7 Å². The zero-order chi connectivity index (χ0) is 14.5. The van der Waals surface area contributed by atoms with Crippen LogP contribution in [-0.2, 0) is 14.3 Å². The Balaban J connectivity index is 1.87. The van der Waals surface area contributed by atoms with E-state index in [4.69, 9.17) is 9.47 Å². The van der Waals surface area contributed by atoms with Gasteiger partial charge in [-0.2, -0.15) is 0 Å². The molecule has 0 aromatic carbocycles. The minimum Gasteiger partial charge on any atom is -0.389 e. The molecule has 3 rings (SSSR count). The molecule has 1 fully saturated rings. The van der Waals surface area contributed by atoms with E-state index in [2.05, 4.69) is 0 Å². The third-order valence-electron chi connectivity index (χ3n) is 4.80. The summed E-state index contributed by atoms with van der Waals surface area (Å²) >= 11 is 0. The third kappa shape index (κ3) is 2.13. The molecule has 0 aromatic heterocycles. The van der Waals surface area contributed by atoms with Crippen molar-refractivity contribution in [2.45, 2.75) is 69.5 Å². The summed E-state index contributed by atoms with van der Waals surface area (Å²) < 4.78 is 11.8. The first-order chi connectivity index (χ1) is 9.34. The lowest BCUT2D eigenvalue weighted by Crippen LogP contribution is -2.55. The molecule has 0 saturated carbocycles. The van der Waals surface area contributed by atoms with Gasteiger partial charge in [-0.1, -0.05) is 5.57 Å². The van der Waals surface area contributed by atoms with Gasteiger partial charge in [0.1, 0.15) is 0 Å². The highest BCUT2D eigenvalue weighted by Gasteiger charge is 2.50. The number of carbonyl (C=O) groups is 1. The van der Waals surface area contributed by atoms with Crippen LogP contribution < -0.4 is 0 Å². The van der Waals surface area contributed by atoms with Crippen molar-refractivity contribution in [1.29, 1.82) is 0 Å². The van der Waals surface area contributed by atoms with Gasteiger partial charge in [0.15, 0.2) is 17.2 Å². The molecule has 2 aliphatic heterocycles. The van der Waals surface area contributed by atoms with E-state index in [-0.39, 0.29) is 12.7 Å². The van der Waals surface area contributed by atoms with Crippen molar-refractivity contribution in [2.75, 3.05) is 6.61 Å². The standard InChI is InChI=1S/C15H22O5/c1-9-4-3-5-15(20-9)7-10-6-12(16)14(2,18)13(17)11(10)8-19-15/h9,12,16,18H,3-8H2,1-2H3/t9-,12-,14+,15-/m0/s1. The zero-order valence-electron chi connectivity index (χ0n) is 12.0. The van der Waals surface area contributed by atoms with Gasteiger partial charge >= 0.3 is 0 Å². The summed E-state index contributed by atoms with van der Waals surface area (Å²) in [6, 6.07) is 0. The molecule has 0 radical (unpaired) electrons. The average molecular weight is 282 g/mol. The summed E-state index contributed by atoms with van der Waals surface area (Å²) in [4.78, 5) is 12.2. The van der Waals surface area contributed by atoms with Crippen molar-refractivity contribution in [3.05, 3.63) is 11.1 Å². The van der Waals surface area contributed by atoms with E-state index in [1.54, 1.807) is 0 Å². The molecule has 20 heavy (non-hydrogen) atoms. The maximum absolute atomic E-state index is 12.2. The van der Waals surface area contributed by atoms with Crippen molar-refractivity contribution in [1.82, 2.24) is 0 Å². The number of carbonyl (C=O) groups excluding carboxylic acids is 1. The number of rotatable bonds is 0. The molecule has 0 unspecified atom stereocenters. The molecule has 0 amide bonds. The first-order valence-corrected chi connectivity index (χ1v) is 7.32. The summed E-state index contributed by atoms with van der Waals surface area (Å²) in [5.74, 6) is -1.05. The lowest BCUT2D eigenvalue weighted by Gasteiger charge is -2.46. The Bertz CT molecular complexity index is 467. The van der Waals surface area contributed by atoms with E-state index in [9.17, 15) is 15.0 Å². The van der Waals surface area contributed by atoms with E-state index in [1.165, 1.54) is 6.92 Å². The van der Waals surface area contributed by atoms with Gasteiger partial charge in [-0.15, -0.1) is 0 Å². The van der Waals surface area contributed by atoms with Gasteiger partial charge in [0.25, 0.3) is 0 Å². The Morgan fingerprint density at radius 2 is 2.15 bits per heavy atom. The Kier molecular flexibility index (Phi) is 3.29. The molecule has 3 aliphatic rings. The molecule has 4 atom stereocenters. The molecule has 1 saturated heterocycles. The van der Waals surface area contributed by atoms with Crippen LogP contribution in [0.4, 0.5) is 0 Å². The topological polar surface area (TPSA) is 76.0 Å². The monoisotopic (exact) mass is 282 g/mol. The van der Waals surface area contributed by atoms with Crippen molar-refractivity contribution in [3.8, 4) is 0 Å². The molecule has 1 spiro atoms. The minimum atomic E-state index is -1.70. The van der Waals surface area contributed by atoms with Crippen LogP contribution in [0.25, 0.3) is 0 Å². The van der Waals surface area contributed by atoms with Crippen LogP contribution in [0.2, 0.25) is 0 Å². The normalized spacial score (nSPS) is 45.7. The number of aliphatic hydroxyl groups is 2. The minimum absolute atomic E-state index is 0.151. The largest absolute Gasteiger partial charge is 0.389 e. The molecule has 2 N–H and O–H groups in total. The maximum Gasteiger partial charge on any atom is 0.195 e. The lowest BCUT2D eigenvalue weighted by molar-refractivity contribution is -0.277. The second kappa shape index (κ2) is 4.63. The van der Waals surface area contributed by atoms with E-state index < -0.39 is 23.3 Å². The van der Waals surface area contributed by atoms with Crippen LogP contribution >= 0.6 is 0 Å². The predicted molar refractivity (Wildman–Crippen MR) is 71.0 cm³/mol. The summed E-state index contributed by atoms with van der Waals surface area (Å²) in [5, 5.41) is 20.1. The van der Waals surface area contributed by atoms with Crippen LogP contribution in [0.5, 0.6) is 0 Å². The van der Waals surface area contributed by atoms with Crippen molar-refractivity contribution in [2.24, 2.45) is 0 Å². The Morgan fingerprint density at radius 3 is 2.85 bits per heavy atom. The fourth-order valence-electron chi connectivity index (χ4n) is 3.48. The number of Topliss-reactive ketones (excluding diaryl/α,β-unsaturated/α-hetero) is 1. The number of ketones is 1. The maximum atomic E-state index is 12.2. The molecular formula is C15H22O5. The Hall–Kier alpha value is -0.750. The molecule has 1 aliphatic carbocycles. The highest BCUT2D eigenvalue weighted by atomic mass is 16.7. The fraction of sp³-hybridized carbons (Fsp3) is 0.800. The lowest BCUT2D eigenvalue weighted by atomic mass is 9.75. The summed E-state index contributed by atoms with van der Waals surface area (Å²) in [6.07, 6.45) is 2.81. The number of ether oxygens (including phenoxy) is 2. The van der Waals surface area contributed by atoms with E-state index in [1.807, 2.05) is 6.92 Å². The van der Waals surface area contributed by atoms with Crippen LogP contribution in [0, 0.1) is 0 Å². The molecule has 5 nitrogen and oxygen atoms in total. The van der Waals surface area contributed by atoms with Crippen LogP contribution in [-0.4, -0.2) is 46.2 Å². The van der Waals surface area contributed by atoms with Crippen LogP contribution in [0.15, 0.2) is 11.1 Å². The summed E-state index contributed by atoms with van der Waals surface area (Å²) in [6.45, 7) is 3.57. The van der Waals surface area contributed by atoms with Crippen molar-refractivity contribution < 1.29 is 24.5 Å². The fourth-order valence-corrected chi connectivity index (χ4v) is 3.48. The second-order valence-electron chi connectivity index (χ2n) is 6.48.